The summed E-state index contributed by atoms with van der Waals surface area (Å²) >= 11 is 0. The van der Waals surface area contributed by atoms with E-state index in [9.17, 15) is 0 Å². The Balaban J connectivity index is 1.99. The maximum atomic E-state index is 5.75. The van der Waals surface area contributed by atoms with Gasteiger partial charge in [-0.05, 0) is 26.0 Å². The Bertz CT molecular complexity index is 763. The summed E-state index contributed by atoms with van der Waals surface area (Å²) in [5.41, 5.74) is 8.88. The Labute approximate surface area is 115 Å². The van der Waals surface area contributed by atoms with Crippen molar-refractivity contribution in [2.24, 2.45) is 0 Å². The molecule has 100 valence electrons. The Morgan fingerprint density at radius 2 is 1.95 bits per heavy atom. The van der Waals surface area contributed by atoms with Crippen LogP contribution in [0.15, 0.2) is 30.6 Å². The van der Waals surface area contributed by atoms with E-state index in [0.717, 1.165) is 17.0 Å². The first-order chi connectivity index (χ1) is 9.63. The molecule has 0 aliphatic heterocycles. The molecule has 7 nitrogen and oxygen atoms in total. The largest absolute Gasteiger partial charge is 0.399 e. The van der Waals surface area contributed by atoms with Gasteiger partial charge in [0.05, 0.1) is 11.4 Å². The van der Waals surface area contributed by atoms with Crippen LogP contribution in [0.2, 0.25) is 0 Å². The van der Waals surface area contributed by atoms with Gasteiger partial charge in [0, 0.05) is 11.3 Å². The number of hydrogen-bond donors (Lipinski definition) is 1. The summed E-state index contributed by atoms with van der Waals surface area (Å²) in [5.74, 6) is 0.967. The Hall–Kier alpha value is -2.83. The third kappa shape index (κ3) is 2.20. The van der Waals surface area contributed by atoms with Gasteiger partial charge in [0.2, 0.25) is 0 Å². The van der Waals surface area contributed by atoms with Crippen LogP contribution in [0.5, 0.6) is 0 Å². The number of nitrogen functional groups attached to an aromatic ring is 1. The fraction of sp³-hybridized carbons (Fsp3) is 0.154. The van der Waals surface area contributed by atoms with Crippen LogP contribution >= 0.6 is 0 Å². The number of benzene rings is 1. The first kappa shape index (κ1) is 12.2. The zero-order chi connectivity index (χ0) is 14.1. The molecule has 0 amide bonds. The molecule has 0 aliphatic rings. The van der Waals surface area contributed by atoms with Crippen molar-refractivity contribution in [3.8, 4) is 17.3 Å². The van der Waals surface area contributed by atoms with E-state index in [-0.39, 0.29) is 0 Å². The SMILES string of the molecule is Cc1nnc(-n2cnc(-c3cccc(N)c3)n2)nc1C. The first-order valence-electron chi connectivity index (χ1n) is 6.09. The van der Waals surface area contributed by atoms with E-state index in [1.54, 1.807) is 6.33 Å². The molecule has 0 saturated carbocycles. The molecular weight excluding hydrogens is 254 g/mol. The van der Waals surface area contributed by atoms with E-state index in [1.807, 2.05) is 38.1 Å². The van der Waals surface area contributed by atoms with Crippen molar-refractivity contribution >= 4 is 5.69 Å². The lowest BCUT2D eigenvalue weighted by atomic mass is 10.2. The van der Waals surface area contributed by atoms with Gasteiger partial charge in [-0.25, -0.2) is 9.97 Å². The molecule has 2 heterocycles. The van der Waals surface area contributed by atoms with E-state index in [2.05, 4.69) is 25.3 Å². The van der Waals surface area contributed by atoms with Crippen molar-refractivity contribution in [2.45, 2.75) is 13.8 Å². The topological polar surface area (TPSA) is 95.4 Å². The van der Waals surface area contributed by atoms with Gasteiger partial charge in [0.1, 0.15) is 6.33 Å². The average Bonchev–Trinajstić information content (AvgIpc) is 2.92. The van der Waals surface area contributed by atoms with E-state index >= 15 is 0 Å². The molecule has 0 aliphatic carbocycles. The summed E-state index contributed by atoms with van der Waals surface area (Å²) in [6, 6.07) is 7.39. The van der Waals surface area contributed by atoms with Crippen molar-refractivity contribution in [1.29, 1.82) is 0 Å². The first-order valence-corrected chi connectivity index (χ1v) is 6.09. The van der Waals surface area contributed by atoms with Crippen LogP contribution in [0.25, 0.3) is 17.3 Å². The molecule has 20 heavy (non-hydrogen) atoms. The molecule has 3 rings (SSSR count). The number of nitrogens with two attached hydrogens (primary N) is 1. The molecule has 3 aromatic rings. The molecule has 2 N–H and O–H groups in total. The second-order valence-electron chi connectivity index (χ2n) is 4.42. The number of aryl methyl sites for hydroxylation is 2. The van der Waals surface area contributed by atoms with Crippen LogP contribution in [-0.4, -0.2) is 29.9 Å². The van der Waals surface area contributed by atoms with Crippen molar-refractivity contribution in [1.82, 2.24) is 29.9 Å². The highest BCUT2D eigenvalue weighted by molar-refractivity contribution is 5.60. The van der Waals surface area contributed by atoms with E-state index < -0.39 is 0 Å². The number of nitrogens with zero attached hydrogens (tertiary/aromatic N) is 6. The third-order valence-electron chi connectivity index (χ3n) is 2.92. The van der Waals surface area contributed by atoms with Crippen LogP contribution in [0.1, 0.15) is 11.4 Å². The number of aromatic nitrogens is 6. The smallest absolute Gasteiger partial charge is 0.271 e. The lowest BCUT2D eigenvalue weighted by molar-refractivity contribution is 0.752. The van der Waals surface area contributed by atoms with E-state index in [0.29, 0.717) is 17.5 Å². The Morgan fingerprint density at radius 1 is 1.10 bits per heavy atom. The second-order valence-corrected chi connectivity index (χ2v) is 4.42. The highest BCUT2D eigenvalue weighted by Gasteiger charge is 2.09. The molecule has 7 heteroatoms. The monoisotopic (exact) mass is 267 g/mol. The van der Waals surface area contributed by atoms with E-state index in [1.165, 1.54) is 4.68 Å². The lowest BCUT2D eigenvalue weighted by Crippen LogP contribution is -2.06. The molecular formula is C13H13N7. The summed E-state index contributed by atoms with van der Waals surface area (Å²) in [6.07, 6.45) is 1.56. The molecule has 0 bridgehead atoms. The minimum absolute atomic E-state index is 0.399. The lowest BCUT2D eigenvalue weighted by Gasteiger charge is -2.00. The van der Waals surface area contributed by atoms with Gasteiger partial charge in [-0.1, -0.05) is 12.1 Å². The van der Waals surface area contributed by atoms with Crippen molar-refractivity contribution in [3.05, 3.63) is 42.0 Å². The van der Waals surface area contributed by atoms with Gasteiger partial charge in [-0.3, -0.25) is 0 Å². The second kappa shape index (κ2) is 4.69. The predicted octanol–water partition coefficient (Wildman–Crippen LogP) is 1.32. The molecule has 0 unspecified atom stereocenters. The number of rotatable bonds is 2. The van der Waals surface area contributed by atoms with Gasteiger partial charge < -0.3 is 5.73 Å². The highest BCUT2D eigenvalue weighted by atomic mass is 15.4. The fourth-order valence-corrected chi connectivity index (χ4v) is 1.71. The molecule has 1 aromatic carbocycles. The normalized spacial score (nSPS) is 10.7. The van der Waals surface area contributed by atoms with Crippen molar-refractivity contribution < 1.29 is 0 Å². The summed E-state index contributed by atoms with van der Waals surface area (Å²) < 4.78 is 1.50. The van der Waals surface area contributed by atoms with Crippen LogP contribution in [0, 0.1) is 13.8 Å². The minimum atomic E-state index is 0.399. The zero-order valence-corrected chi connectivity index (χ0v) is 11.1. The minimum Gasteiger partial charge on any atom is -0.399 e. The summed E-state index contributed by atoms with van der Waals surface area (Å²) in [7, 11) is 0. The van der Waals surface area contributed by atoms with Gasteiger partial charge >= 0.3 is 0 Å². The Morgan fingerprint density at radius 3 is 2.70 bits per heavy atom. The zero-order valence-electron chi connectivity index (χ0n) is 11.1. The molecule has 0 saturated heterocycles. The third-order valence-corrected chi connectivity index (χ3v) is 2.92. The van der Waals surface area contributed by atoms with Gasteiger partial charge in [-0.15, -0.1) is 10.2 Å². The fourth-order valence-electron chi connectivity index (χ4n) is 1.71. The maximum absolute atomic E-state index is 5.75. The standard InChI is InChI=1S/C13H13N7/c1-8-9(2)17-18-13(16-8)20-7-15-12(19-20)10-4-3-5-11(14)6-10/h3-7H,14H2,1-2H3. The molecule has 0 atom stereocenters. The van der Waals surface area contributed by atoms with Crippen LogP contribution < -0.4 is 5.73 Å². The van der Waals surface area contributed by atoms with Crippen molar-refractivity contribution in [3.63, 3.8) is 0 Å². The van der Waals surface area contributed by atoms with Crippen LogP contribution in [0.3, 0.4) is 0 Å². The Kier molecular flexibility index (Phi) is 2.86. The van der Waals surface area contributed by atoms with Gasteiger partial charge in [-0.2, -0.15) is 9.78 Å². The average molecular weight is 267 g/mol. The predicted molar refractivity (Wildman–Crippen MR) is 74.1 cm³/mol. The quantitative estimate of drug-likeness (QED) is 0.703. The van der Waals surface area contributed by atoms with Gasteiger partial charge in [0.25, 0.3) is 5.95 Å². The maximum Gasteiger partial charge on any atom is 0.271 e. The van der Waals surface area contributed by atoms with E-state index in [4.69, 9.17) is 5.73 Å². The molecule has 2 aromatic heterocycles. The summed E-state index contributed by atoms with van der Waals surface area (Å²) in [6.45, 7) is 3.74. The highest BCUT2D eigenvalue weighted by Crippen LogP contribution is 2.17. The summed E-state index contributed by atoms with van der Waals surface area (Å²) in [4.78, 5) is 8.57. The van der Waals surface area contributed by atoms with Crippen LogP contribution in [-0.2, 0) is 0 Å². The molecule has 0 radical (unpaired) electrons. The number of anilines is 1. The molecule has 0 spiro atoms. The summed E-state index contributed by atoms with van der Waals surface area (Å²) in [5, 5.41) is 12.4. The number of hydrogen-bond acceptors (Lipinski definition) is 6. The van der Waals surface area contributed by atoms with Crippen molar-refractivity contribution in [2.75, 3.05) is 5.73 Å². The van der Waals surface area contributed by atoms with Crippen LogP contribution in [0.4, 0.5) is 5.69 Å². The van der Waals surface area contributed by atoms with Gasteiger partial charge in [0.15, 0.2) is 5.82 Å². The molecule has 0 fully saturated rings.